The van der Waals surface area contributed by atoms with Crippen LogP contribution in [0.1, 0.15) is 24.0 Å². The van der Waals surface area contributed by atoms with Gasteiger partial charge in [0.1, 0.15) is 11.1 Å². The van der Waals surface area contributed by atoms with Gasteiger partial charge in [0.05, 0.1) is 10.7 Å². The van der Waals surface area contributed by atoms with Crippen LogP contribution in [-0.4, -0.2) is 17.5 Å². The average Bonchev–Trinajstić information content (AvgIpc) is 2.97. The number of thiazole rings is 1. The van der Waals surface area contributed by atoms with E-state index < -0.39 is 0 Å². The summed E-state index contributed by atoms with van der Waals surface area (Å²) >= 11 is 13.6. The maximum atomic E-state index is 11.4. The van der Waals surface area contributed by atoms with E-state index in [4.69, 9.17) is 33.7 Å². The zero-order valence-corrected chi connectivity index (χ0v) is 13.9. The molecule has 2 atom stereocenters. The number of carbonyl (C=O) groups is 1. The Morgan fingerprint density at radius 2 is 2.23 bits per heavy atom. The molecule has 116 valence electrons. The summed E-state index contributed by atoms with van der Waals surface area (Å²) in [4.78, 5) is 16.0. The summed E-state index contributed by atoms with van der Waals surface area (Å²) in [5, 5.41) is 3.92. The summed E-state index contributed by atoms with van der Waals surface area (Å²) < 4.78 is 5.73. The van der Waals surface area contributed by atoms with Crippen molar-refractivity contribution in [2.45, 2.75) is 18.9 Å². The van der Waals surface area contributed by atoms with Gasteiger partial charge in [-0.05, 0) is 31.0 Å². The van der Waals surface area contributed by atoms with E-state index in [9.17, 15) is 4.79 Å². The predicted octanol–water partition coefficient (Wildman–Crippen LogP) is 4.07. The maximum Gasteiger partial charge on any atom is 0.220 e. The Kier molecular flexibility index (Phi) is 4.68. The normalized spacial score (nSPS) is 21.7. The van der Waals surface area contributed by atoms with Gasteiger partial charge in [0, 0.05) is 28.5 Å². The standard InChI is InChI=1S/C15H14Cl2N2O2S/c16-9-1-2-10(11(17)6-9)12-7-22-15(19-12)13-5-8(14(18)20)3-4-21-13/h1-2,6-8,13H,3-5H2,(H2,18,20). The van der Waals surface area contributed by atoms with E-state index in [1.165, 1.54) is 11.3 Å². The van der Waals surface area contributed by atoms with Crippen LogP contribution in [0.5, 0.6) is 0 Å². The van der Waals surface area contributed by atoms with Gasteiger partial charge in [0.25, 0.3) is 0 Å². The molecule has 0 spiro atoms. The summed E-state index contributed by atoms with van der Waals surface area (Å²) in [6, 6.07) is 5.32. The van der Waals surface area contributed by atoms with Crippen LogP contribution in [0.25, 0.3) is 11.3 Å². The third-order valence-electron chi connectivity index (χ3n) is 3.69. The Balaban J connectivity index is 1.83. The van der Waals surface area contributed by atoms with Crippen LogP contribution >= 0.6 is 34.5 Å². The Morgan fingerprint density at radius 3 is 2.95 bits per heavy atom. The lowest BCUT2D eigenvalue weighted by atomic mass is 9.95. The molecular weight excluding hydrogens is 343 g/mol. The zero-order chi connectivity index (χ0) is 15.7. The first-order chi connectivity index (χ1) is 10.5. The first kappa shape index (κ1) is 15.7. The molecule has 22 heavy (non-hydrogen) atoms. The van der Waals surface area contributed by atoms with Crippen molar-refractivity contribution in [3.05, 3.63) is 38.6 Å². The van der Waals surface area contributed by atoms with Gasteiger partial charge >= 0.3 is 0 Å². The quantitative estimate of drug-likeness (QED) is 0.901. The number of ether oxygens (including phenoxy) is 1. The van der Waals surface area contributed by atoms with Gasteiger partial charge < -0.3 is 10.5 Å². The van der Waals surface area contributed by atoms with Crippen LogP contribution < -0.4 is 5.73 Å². The number of nitrogens with zero attached hydrogens (tertiary/aromatic N) is 1. The molecular formula is C15H14Cl2N2O2S. The molecule has 2 unspecified atom stereocenters. The minimum absolute atomic E-state index is 0.148. The highest BCUT2D eigenvalue weighted by molar-refractivity contribution is 7.10. The second-order valence-electron chi connectivity index (χ2n) is 5.18. The number of hydrogen-bond donors (Lipinski definition) is 1. The molecule has 0 saturated carbocycles. The molecule has 2 aromatic rings. The summed E-state index contributed by atoms with van der Waals surface area (Å²) in [7, 11) is 0. The van der Waals surface area contributed by atoms with Crippen molar-refractivity contribution in [3.8, 4) is 11.3 Å². The molecule has 1 aromatic carbocycles. The fourth-order valence-corrected chi connectivity index (χ4v) is 3.87. The Labute approximate surface area is 142 Å². The second kappa shape index (κ2) is 6.54. The van der Waals surface area contributed by atoms with Crippen LogP contribution in [-0.2, 0) is 9.53 Å². The molecule has 1 aliphatic heterocycles. The van der Waals surface area contributed by atoms with Crippen LogP contribution in [0, 0.1) is 5.92 Å². The molecule has 2 N–H and O–H groups in total. The first-order valence-corrected chi connectivity index (χ1v) is 8.50. The topological polar surface area (TPSA) is 65.2 Å². The molecule has 3 rings (SSSR count). The van der Waals surface area contributed by atoms with E-state index in [-0.39, 0.29) is 17.9 Å². The Hall–Kier alpha value is -1.14. The smallest absolute Gasteiger partial charge is 0.220 e. The Morgan fingerprint density at radius 1 is 1.41 bits per heavy atom. The van der Waals surface area contributed by atoms with Crippen molar-refractivity contribution in [2.24, 2.45) is 11.7 Å². The number of hydrogen-bond acceptors (Lipinski definition) is 4. The van der Waals surface area contributed by atoms with Crippen molar-refractivity contribution in [1.29, 1.82) is 0 Å². The number of rotatable bonds is 3. The fraction of sp³-hybridized carbons (Fsp3) is 0.333. The number of halogens is 2. The monoisotopic (exact) mass is 356 g/mol. The number of benzene rings is 1. The minimum Gasteiger partial charge on any atom is -0.371 e. The van der Waals surface area contributed by atoms with Crippen LogP contribution in [0.15, 0.2) is 23.6 Å². The highest BCUT2D eigenvalue weighted by Gasteiger charge is 2.29. The molecule has 0 aliphatic carbocycles. The average molecular weight is 357 g/mol. The van der Waals surface area contributed by atoms with Gasteiger partial charge in [0.15, 0.2) is 0 Å². The molecule has 2 heterocycles. The lowest BCUT2D eigenvalue weighted by Crippen LogP contribution is -2.30. The molecule has 1 aliphatic rings. The van der Waals surface area contributed by atoms with Gasteiger partial charge in [-0.2, -0.15) is 0 Å². The van der Waals surface area contributed by atoms with E-state index in [0.717, 1.165) is 16.3 Å². The third-order valence-corrected chi connectivity index (χ3v) is 5.18. The van der Waals surface area contributed by atoms with Gasteiger partial charge in [-0.15, -0.1) is 11.3 Å². The molecule has 7 heteroatoms. The van der Waals surface area contributed by atoms with Crippen LogP contribution in [0.2, 0.25) is 10.0 Å². The third kappa shape index (κ3) is 3.27. The van der Waals surface area contributed by atoms with Crippen LogP contribution in [0.3, 0.4) is 0 Å². The van der Waals surface area contributed by atoms with Crippen molar-refractivity contribution < 1.29 is 9.53 Å². The number of primary amides is 1. The number of nitrogens with two attached hydrogens (primary N) is 1. The summed E-state index contributed by atoms with van der Waals surface area (Å²) in [6.45, 7) is 0.523. The van der Waals surface area contributed by atoms with E-state index in [2.05, 4.69) is 4.98 Å². The summed E-state index contributed by atoms with van der Waals surface area (Å²) in [5.74, 6) is -0.420. The largest absolute Gasteiger partial charge is 0.371 e. The van der Waals surface area contributed by atoms with Crippen molar-refractivity contribution >= 4 is 40.4 Å². The lowest BCUT2D eigenvalue weighted by molar-refractivity contribution is -0.126. The van der Waals surface area contributed by atoms with E-state index in [1.807, 2.05) is 11.4 Å². The van der Waals surface area contributed by atoms with Gasteiger partial charge in [-0.3, -0.25) is 4.79 Å². The number of carbonyl (C=O) groups excluding carboxylic acids is 1. The van der Waals surface area contributed by atoms with Crippen LogP contribution in [0.4, 0.5) is 0 Å². The lowest BCUT2D eigenvalue weighted by Gasteiger charge is -2.26. The molecule has 0 radical (unpaired) electrons. The van der Waals surface area contributed by atoms with Crippen molar-refractivity contribution in [1.82, 2.24) is 4.98 Å². The van der Waals surface area contributed by atoms with Gasteiger partial charge in [-0.1, -0.05) is 23.2 Å². The molecule has 1 aromatic heterocycles. The number of amides is 1. The minimum atomic E-state index is -0.272. The molecule has 1 fully saturated rings. The highest BCUT2D eigenvalue weighted by Crippen LogP contribution is 2.37. The number of aromatic nitrogens is 1. The first-order valence-electron chi connectivity index (χ1n) is 6.86. The van der Waals surface area contributed by atoms with Gasteiger partial charge in [0.2, 0.25) is 5.91 Å². The fourth-order valence-electron chi connectivity index (χ4n) is 2.48. The summed E-state index contributed by atoms with van der Waals surface area (Å²) in [6.07, 6.45) is 1.07. The van der Waals surface area contributed by atoms with E-state index in [0.29, 0.717) is 29.5 Å². The highest BCUT2D eigenvalue weighted by atomic mass is 35.5. The summed E-state index contributed by atoms with van der Waals surface area (Å²) in [5.41, 5.74) is 7.01. The maximum absolute atomic E-state index is 11.4. The van der Waals surface area contributed by atoms with E-state index in [1.54, 1.807) is 12.1 Å². The van der Waals surface area contributed by atoms with E-state index >= 15 is 0 Å². The molecule has 0 bridgehead atoms. The predicted molar refractivity (Wildman–Crippen MR) is 88.2 cm³/mol. The SMILES string of the molecule is NC(=O)C1CCOC(c2nc(-c3ccc(Cl)cc3Cl)cs2)C1. The Bertz CT molecular complexity index is 705. The molecule has 1 amide bonds. The van der Waals surface area contributed by atoms with Crippen molar-refractivity contribution in [3.63, 3.8) is 0 Å². The van der Waals surface area contributed by atoms with Gasteiger partial charge in [-0.25, -0.2) is 4.98 Å². The van der Waals surface area contributed by atoms with Crippen molar-refractivity contribution in [2.75, 3.05) is 6.61 Å². The molecule has 1 saturated heterocycles. The second-order valence-corrected chi connectivity index (χ2v) is 6.91. The molecule has 4 nitrogen and oxygen atoms in total. The zero-order valence-electron chi connectivity index (χ0n) is 11.6.